The maximum Gasteiger partial charge on any atom is 0.202 e. The van der Waals surface area contributed by atoms with Gasteiger partial charge in [0.2, 0.25) is 5.78 Å². The summed E-state index contributed by atoms with van der Waals surface area (Å²) in [5, 5.41) is 0. The summed E-state index contributed by atoms with van der Waals surface area (Å²) in [5.74, 6) is 0.753. The molecule has 1 saturated heterocycles. The van der Waals surface area contributed by atoms with Crippen LogP contribution >= 0.6 is 0 Å². The van der Waals surface area contributed by atoms with E-state index in [1.54, 1.807) is 0 Å². The highest BCUT2D eigenvalue weighted by Gasteiger charge is 2.27. The standard InChI is InChI=1S/C10H14O3/c11-10(8-4-6-12-7-8)9-3-1-2-5-13-9/h3,8H,1-2,4-7H2. The summed E-state index contributed by atoms with van der Waals surface area (Å²) in [6, 6.07) is 0. The van der Waals surface area contributed by atoms with E-state index in [1.165, 1.54) is 0 Å². The van der Waals surface area contributed by atoms with Crippen LogP contribution in [0.3, 0.4) is 0 Å². The van der Waals surface area contributed by atoms with Gasteiger partial charge in [0.25, 0.3) is 0 Å². The lowest BCUT2D eigenvalue weighted by Crippen LogP contribution is -2.20. The first-order chi connectivity index (χ1) is 6.38. The first-order valence-corrected chi connectivity index (χ1v) is 4.83. The lowest BCUT2D eigenvalue weighted by Gasteiger charge is -2.15. The zero-order valence-corrected chi connectivity index (χ0v) is 7.62. The lowest BCUT2D eigenvalue weighted by molar-refractivity contribution is -0.122. The third kappa shape index (κ3) is 1.91. The van der Waals surface area contributed by atoms with E-state index in [-0.39, 0.29) is 11.7 Å². The Labute approximate surface area is 77.7 Å². The second-order valence-electron chi connectivity index (χ2n) is 3.48. The molecule has 0 bridgehead atoms. The molecule has 0 N–H and O–H groups in total. The fourth-order valence-corrected chi connectivity index (χ4v) is 1.67. The molecule has 2 heterocycles. The van der Waals surface area contributed by atoms with Crippen LogP contribution in [-0.4, -0.2) is 25.6 Å². The Morgan fingerprint density at radius 2 is 2.38 bits per heavy atom. The molecule has 2 aliphatic rings. The molecule has 0 aliphatic carbocycles. The molecule has 2 rings (SSSR count). The molecule has 0 aromatic heterocycles. The van der Waals surface area contributed by atoms with Gasteiger partial charge in [0.1, 0.15) is 0 Å². The van der Waals surface area contributed by atoms with Gasteiger partial charge in [0.05, 0.1) is 19.1 Å². The van der Waals surface area contributed by atoms with Gasteiger partial charge in [-0.05, 0) is 25.3 Å². The van der Waals surface area contributed by atoms with Crippen molar-refractivity contribution in [2.45, 2.75) is 19.3 Å². The maximum atomic E-state index is 11.7. The van der Waals surface area contributed by atoms with Gasteiger partial charge in [0, 0.05) is 6.61 Å². The summed E-state index contributed by atoms with van der Waals surface area (Å²) >= 11 is 0. The molecule has 0 spiro atoms. The van der Waals surface area contributed by atoms with Crippen molar-refractivity contribution < 1.29 is 14.3 Å². The number of hydrogen-bond acceptors (Lipinski definition) is 3. The Bertz CT molecular complexity index is 226. The average molecular weight is 182 g/mol. The van der Waals surface area contributed by atoms with Gasteiger partial charge in [0.15, 0.2) is 5.76 Å². The minimum absolute atomic E-state index is 0.0457. The summed E-state index contributed by atoms with van der Waals surface area (Å²) in [6.07, 6.45) is 4.75. The molecule has 2 aliphatic heterocycles. The van der Waals surface area contributed by atoms with Crippen molar-refractivity contribution in [3.05, 3.63) is 11.8 Å². The molecule has 1 unspecified atom stereocenters. The number of carbonyl (C=O) groups is 1. The summed E-state index contributed by atoms with van der Waals surface area (Å²) in [7, 11) is 0. The average Bonchev–Trinajstić information content (AvgIpc) is 2.71. The predicted molar refractivity (Wildman–Crippen MR) is 47.2 cm³/mol. The number of carbonyl (C=O) groups excluding carboxylic acids is 1. The first-order valence-electron chi connectivity index (χ1n) is 4.83. The molecule has 13 heavy (non-hydrogen) atoms. The van der Waals surface area contributed by atoms with Crippen molar-refractivity contribution in [2.24, 2.45) is 5.92 Å². The molecule has 0 aromatic carbocycles. The number of rotatable bonds is 2. The van der Waals surface area contributed by atoms with Crippen molar-refractivity contribution in [1.29, 1.82) is 0 Å². The lowest BCUT2D eigenvalue weighted by atomic mass is 10.0. The van der Waals surface area contributed by atoms with Crippen molar-refractivity contribution >= 4 is 5.78 Å². The van der Waals surface area contributed by atoms with E-state index in [0.717, 1.165) is 19.3 Å². The van der Waals surface area contributed by atoms with Gasteiger partial charge >= 0.3 is 0 Å². The number of allylic oxidation sites excluding steroid dienone is 2. The van der Waals surface area contributed by atoms with Crippen molar-refractivity contribution in [3.63, 3.8) is 0 Å². The highest BCUT2D eigenvalue weighted by molar-refractivity contribution is 5.95. The normalized spacial score (nSPS) is 28.0. The quantitative estimate of drug-likeness (QED) is 0.645. The molecular formula is C10H14O3. The first kappa shape index (κ1) is 8.75. The number of ketones is 1. The van der Waals surface area contributed by atoms with Gasteiger partial charge in [-0.3, -0.25) is 4.79 Å². The van der Waals surface area contributed by atoms with E-state index in [1.807, 2.05) is 6.08 Å². The van der Waals surface area contributed by atoms with Crippen LogP contribution in [-0.2, 0) is 14.3 Å². The zero-order valence-electron chi connectivity index (χ0n) is 7.62. The van der Waals surface area contributed by atoms with Crippen molar-refractivity contribution in [2.75, 3.05) is 19.8 Å². The van der Waals surface area contributed by atoms with E-state index in [2.05, 4.69) is 0 Å². The molecule has 1 atom stereocenters. The molecule has 0 saturated carbocycles. The second-order valence-corrected chi connectivity index (χ2v) is 3.48. The number of Topliss-reactive ketones (excluding diaryl/α,β-unsaturated/α-hetero) is 1. The predicted octanol–water partition coefficient (Wildman–Crippen LogP) is 1.29. The van der Waals surface area contributed by atoms with Gasteiger partial charge in [-0.2, -0.15) is 0 Å². The summed E-state index contributed by atoms with van der Waals surface area (Å²) in [5.41, 5.74) is 0. The molecule has 0 aromatic rings. The van der Waals surface area contributed by atoms with Crippen LogP contribution in [0.5, 0.6) is 0 Å². The summed E-state index contributed by atoms with van der Waals surface area (Å²) in [6.45, 7) is 1.97. The Balaban J connectivity index is 1.98. The van der Waals surface area contributed by atoms with E-state index in [0.29, 0.717) is 25.6 Å². The topological polar surface area (TPSA) is 35.5 Å². The Kier molecular flexibility index (Phi) is 2.64. The third-order valence-corrected chi connectivity index (χ3v) is 2.48. The smallest absolute Gasteiger partial charge is 0.202 e. The van der Waals surface area contributed by atoms with Crippen molar-refractivity contribution in [3.8, 4) is 0 Å². The maximum absolute atomic E-state index is 11.7. The van der Waals surface area contributed by atoms with E-state index >= 15 is 0 Å². The second kappa shape index (κ2) is 3.92. The van der Waals surface area contributed by atoms with Gasteiger partial charge in [-0.25, -0.2) is 0 Å². The van der Waals surface area contributed by atoms with E-state index in [9.17, 15) is 4.79 Å². The number of hydrogen-bond donors (Lipinski definition) is 0. The van der Waals surface area contributed by atoms with E-state index < -0.39 is 0 Å². The SMILES string of the molecule is O=C(C1=CCCCO1)C1CCOC1. The van der Waals surface area contributed by atoms with Crippen LogP contribution in [0.4, 0.5) is 0 Å². The fraction of sp³-hybridized carbons (Fsp3) is 0.700. The van der Waals surface area contributed by atoms with Crippen LogP contribution in [0, 0.1) is 5.92 Å². The monoisotopic (exact) mass is 182 g/mol. The van der Waals surface area contributed by atoms with E-state index in [4.69, 9.17) is 9.47 Å². The van der Waals surface area contributed by atoms with Crippen LogP contribution in [0.25, 0.3) is 0 Å². The minimum Gasteiger partial charge on any atom is -0.490 e. The molecule has 0 amide bonds. The molecule has 72 valence electrons. The molecule has 3 nitrogen and oxygen atoms in total. The molecule has 3 heteroatoms. The largest absolute Gasteiger partial charge is 0.490 e. The highest BCUT2D eigenvalue weighted by Crippen LogP contribution is 2.20. The fourth-order valence-electron chi connectivity index (χ4n) is 1.67. The summed E-state index contributed by atoms with van der Waals surface area (Å²) in [4.78, 5) is 11.7. The number of ether oxygens (including phenoxy) is 2. The summed E-state index contributed by atoms with van der Waals surface area (Å²) < 4.78 is 10.5. The van der Waals surface area contributed by atoms with Gasteiger partial charge in [-0.1, -0.05) is 0 Å². The van der Waals surface area contributed by atoms with Gasteiger partial charge in [-0.15, -0.1) is 0 Å². The Hall–Kier alpha value is -0.830. The van der Waals surface area contributed by atoms with Crippen LogP contribution in [0.15, 0.2) is 11.8 Å². The third-order valence-electron chi connectivity index (χ3n) is 2.48. The Morgan fingerprint density at radius 3 is 3.00 bits per heavy atom. The molecule has 0 radical (unpaired) electrons. The van der Waals surface area contributed by atoms with Crippen LogP contribution < -0.4 is 0 Å². The Morgan fingerprint density at radius 1 is 1.46 bits per heavy atom. The molecular weight excluding hydrogens is 168 g/mol. The highest BCUT2D eigenvalue weighted by atomic mass is 16.5. The molecule has 1 fully saturated rings. The van der Waals surface area contributed by atoms with Gasteiger partial charge < -0.3 is 9.47 Å². The minimum atomic E-state index is 0.0457. The zero-order chi connectivity index (χ0) is 9.10. The van der Waals surface area contributed by atoms with Crippen LogP contribution in [0.1, 0.15) is 19.3 Å². The van der Waals surface area contributed by atoms with Crippen LogP contribution in [0.2, 0.25) is 0 Å². The van der Waals surface area contributed by atoms with Crippen molar-refractivity contribution in [1.82, 2.24) is 0 Å².